The lowest BCUT2D eigenvalue weighted by atomic mass is 10.1. The molecule has 0 aliphatic rings. The Morgan fingerprint density at radius 2 is 2.50 bits per heavy atom. The van der Waals surface area contributed by atoms with Gasteiger partial charge in [0.05, 0.1) is 11.7 Å². The number of nitrogens with zero attached hydrogens (tertiary/aromatic N) is 2. The molecule has 1 atom stereocenters. The topological polar surface area (TPSA) is 86.9 Å². The Morgan fingerprint density at radius 3 is 2.92 bits per heavy atom. The second-order valence-electron chi connectivity index (χ2n) is 2.69. The van der Waals surface area contributed by atoms with Crippen molar-refractivity contribution >= 4 is 5.91 Å². The summed E-state index contributed by atoms with van der Waals surface area (Å²) in [4.78, 5) is 10.6. The lowest BCUT2D eigenvalue weighted by molar-refractivity contribution is -0.119. The number of carbonyl (C=O) groups is 1. The van der Waals surface area contributed by atoms with Crippen LogP contribution in [0.4, 0.5) is 0 Å². The molecule has 66 valence electrons. The molecule has 0 saturated heterocycles. The van der Waals surface area contributed by atoms with Gasteiger partial charge in [-0.25, -0.2) is 0 Å². The number of nitrogens with two attached hydrogens (primary N) is 2. The van der Waals surface area contributed by atoms with E-state index in [9.17, 15) is 4.79 Å². The molecule has 1 amide bonds. The van der Waals surface area contributed by atoms with Crippen LogP contribution in [0.1, 0.15) is 5.69 Å². The molecule has 1 unspecified atom stereocenters. The van der Waals surface area contributed by atoms with Gasteiger partial charge < -0.3 is 11.5 Å². The maximum atomic E-state index is 10.6. The van der Waals surface area contributed by atoms with E-state index in [0.717, 1.165) is 5.69 Å². The largest absolute Gasteiger partial charge is 0.368 e. The molecule has 0 spiro atoms. The van der Waals surface area contributed by atoms with E-state index in [2.05, 4.69) is 5.10 Å². The number of aromatic nitrogens is 2. The zero-order valence-electron chi connectivity index (χ0n) is 6.90. The highest BCUT2D eigenvalue weighted by molar-refractivity contribution is 5.79. The zero-order chi connectivity index (χ0) is 9.14. The van der Waals surface area contributed by atoms with Gasteiger partial charge in [-0.3, -0.25) is 9.48 Å². The van der Waals surface area contributed by atoms with Crippen LogP contribution in [-0.4, -0.2) is 21.7 Å². The number of rotatable bonds is 3. The molecule has 0 radical (unpaired) electrons. The van der Waals surface area contributed by atoms with Gasteiger partial charge in [-0.15, -0.1) is 0 Å². The van der Waals surface area contributed by atoms with Gasteiger partial charge >= 0.3 is 0 Å². The molecule has 12 heavy (non-hydrogen) atoms. The van der Waals surface area contributed by atoms with Crippen molar-refractivity contribution < 1.29 is 4.79 Å². The van der Waals surface area contributed by atoms with Gasteiger partial charge in [-0.05, 0) is 6.07 Å². The van der Waals surface area contributed by atoms with Crippen molar-refractivity contribution in [2.24, 2.45) is 18.5 Å². The molecule has 1 aromatic heterocycles. The Kier molecular flexibility index (Phi) is 2.44. The van der Waals surface area contributed by atoms with E-state index in [1.807, 2.05) is 6.07 Å². The summed E-state index contributed by atoms with van der Waals surface area (Å²) >= 11 is 0. The molecule has 0 aromatic carbocycles. The molecule has 5 nitrogen and oxygen atoms in total. The molecule has 0 aliphatic carbocycles. The Balaban J connectivity index is 2.58. The van der Waals surface area contributed by atoms with Crippen molar-refractivity contribution in [2.45, 2.75) is 12.5 Å². The summed E-state index contributed by atoms with van der Waals surface area (Å²) in [6, 6.07) is 1.17. The average Bonchev–Trinajstić information content (AvgIpc) is 2.35. The predicted octanol–water partition coefficient (Wildman–Crippen LogP) is -1.22. The molecule has 1 aromatic rings. The van der Waals surface area contributed by atoms with E-state index in [0.29, 0.717) is 6.42 Å². The average molecular weight is 168 g/mol. The van der Waals surface area contributed by atoms with Gasteiger partial charge in [0, 0.05) is 19.7 Å². The molecule has 0 aliphatic heterocycles. The van der Waals surface area contributed by atoms with E-state index >= 15 is 0 Å². The Morgan fingerprint density at radius 1 is 1.83 bits per heavy atom. The Hall–Kier alpha value is -1.36. The third-order valence-electron chi connectivity index (χ3n) is 1.56. The number of carbonyl (C=O) groups excluding carboxylic acids is 1. The summed E-state index contributed by atoms with van der Waals surface area (Å²) in [7, 11) is 1.80. The zero-order valence-corrected chi connectivity index (χ0v) is 6.90. The summed E-state index contributed by atoms with van der Waals surface area (Å²) in [5.74, 6) is -0.499. The highest BCUT2D eigenvalue weighted by atomic mass is 16.1. The van der Waals surface area contributed by atoms with E-state index in [1.54, 1.807) is 17.9 Å². The first-order valence-corrected chi connectivity index (χ1v) is 3.63. The van der Waals surface area contributed by atoms with Gasteiger partial charge in [-0.2, -0.15) is 5.10 Å². The first-order valence-electron chi connectivity index (χ1n) is 3.63. The fraction of sp³-hybridized carbons (Fsp3) is 0.429. The number of hydrogen-bond acceptors (Lipinski definition) is 3. The standard InChI is InChI=1S/C7H12N4O/c1-11-3-2-5(10-11)4-6(8)7(9)12/h2-3,6H,4,8H2,1H3,(H2,9,12). The maximum absolute atomic E-state index is 10.6. The van der Waals surface area contributed by atoms with Crippen LogP contribution in [0.25, 0.3) is 0 Å². The van der Waals surface area contributed by atoms with Gasteiger partial charge in [0.15, 0.2) is 0 Å². The van der Waals surface area contributed by atoms with Crippen LogP contribution in [0.5, 0.6) is 0 Å². The van der Waals surface area contributed by atoms with Crippen LogP contribution in [0.2, 0.25) is 0 Å². The molecule has 5 heteroatoms. The molecular formula is C7H12N4O. The van der Waals surface area contributed by atoms with Crippen LogP contribution in [-0.2, 0) is 18.3 Å². The van der Waals surface area contributed by atoms with E-state index in [-0.39, 0.29) is 0 Å². The van der Waals surface area contributed by atoms with Gasteiger partial charge in [0.2, 0.25) is 5.91 Å². The maximum Gasteiger partial charge on any atom is 0.234 e. The van der Waals surface area contributed by atoms with Crippen molar-refractivity contribution in [2.75, 3.05) is 0 Å². The first-order chi connectivity index (χ1) is 5.59. The van der Waals surface area contributed by atoms with Crippen LogP contribution < -0.4 is 11.5 Å². The molecule has 0 bridgehead atoms. The summed E-state index contributed by atoms with van der Waals surface area (Å²) < 4.78 is 1.66. The summed E-state index contributed by atoms with van der Waals surface area (Å²) in [5, 5.41) is 4.06. The lowest BCUT2D eigenvalue weighted by Gasteiger charge is -2.03. The van der Waals surface area contributed by atoms with Crippen molar-refractivity contribution in [3.63, 3.8) is 0 Å². The summed E-state index contributed by atoms with van der Waals surface area (Å²) in [5.41, 5.74) is 11.2. The normalized spacial score (nSPS) is 12.8. The molecule has 4 N–H and O–H groups in total. The minimum atomic E-state index is -0.639. The van der Waals surface area contributed by atoms with Gasteiger partial charge in [0.1, 0.15) is 0 Å². The number of amides is 1. The SMILES string of the molecule is Cn1ccc(CC(N)C(N)=O)n1. The van der Waals surface area contributed by atoms with E-state index in [1.165, 1.54) is 0 Å². The fourth-order valence-electron chi connectivity index (χ4n) is 0.898. The summed E-state index contributed by atoms with van der Waals surface area (Å²) in [6.45, 7) is 0. The minimum Gasteiger partial charge on any atom is -0.368 e. The highest BCUT2D eigenvalue weighted by Crippen LogP contribution is 1.97. The smallest absolute Gasteiger partial charge is 0.234 e. The van der Waals surface area contributed by atoms with Crippen molar-refractivity contribution in [3.8, 4) is 0 Å². The Labute approximate surface area is 70.3 Å². The van der Waals surface area contributed by atoms with Crippen LogP contribution >= 0.6 is 0 Å². The highest BCUT2D eigenvalue weighted by Gasteiger charge is 2.10. The monoisotopic (exact) mass is 168 g/mol. The number of hydrogen-bond donors (Lipinski definition) is 2. The molecular weight excluding hydrogens is 156 g/mol. The van der Waals surface area contributed by atoms with Crippen LogP contribution in [0.15, 0.2) is 12.3 Å². The lowest BCUT2D eigenvalue weighted by Crippen LogP contribution is -2.38. The third-order valence-corrected chi connectivity index (χ3v) is 1.56. The van der Waals surface area contributed by atoms with Gasteiger partial charge in [0.25, 0.3) is 0 Å². The van der Waals surface area contributed by atoms with Crippen LogP contribution in [0.3, 0.4) is 0 Å². The van der Waals surface area contributed by atoms with Gasteiger partial charge in [-0.1, -0.05) is 0 Å². The first kappa shape index (κ1) is 8.73. The quantitative estimate of drug-likeness (QED) is 0.592. The second-order valence-corrected chi connectivity index (χ2v) is 2.69. The molecule has 1 heterocycles. The van der Waals surface area contributed by atoms with Crippen molar-refractivity contribution in [1.82, 2.24) is 9.78 Å². The Bertz CT molecular complexity index is 281. The third kappa shape index (κ3) is 2.06. The van der Waals surface area contributed by atoms with E-state index in [4.69, 9.17) is 11.5 Å². The second kappa shape index (κ2) is 3.36. The van der Waals surface area contributed by atoms with Crippen molar-refractivity contribution in [1.29, 1.82) is 0 Å². The minimum absolute atomic E-state index is 0.399. The predicted molar refractivity (Wildman–Crippen MR) is 44.1 cm³/mol. The molecule has 0 fully saturated rings. The van der Waals surface area contributed by atoms with Crippen LogP contribution in [0, 0.1) is 0 Å². The van der Waals surface area contributed by atoms with E-state index < -0.39 is 11.9 Å². The number of primary amides is 1. The molecule has 1 rings (SSSR count). The number of aryl methyl sites for hydroxylation is 1. The summed E-state index contributed by atoms with van der Waals surface area (Å²) in [6.07, 6.45) is 2.19. The molecule has 0 saturated carbocycles. The van der Waals surface area contributed by atoms with Crippen molar-refractivity contribution in [3.05, 3.63) is 18.0 Å². The fourth-order valence-corrected chi connectivity index (χ4v) is 0.898.